The van der Waals surface area contributed by atoms with Crippen molar-refractivity contribution in [3.63, 3.8) is 0 Å². The van der Waals surface area contributed by atoms with Gasteiger partial charge in [0.1, 0.15) is 0 Å². The third kappa shape index (κ3) is 6.70. The van der Waals surface area contributed by atoms with Gasteiger partial charge in [-0.2, -0.15) is 0 Å². The summed E-state index contributed by atoms with van der Waals surface area (Å²) in [6.07, 6.45) is 2.11. The summed E-state index contributed by atoms with van der Waals surface area (Å²) in [6.45, 7) is 3.31. The van der Waals surface area contributed by atoms with E-state index in [1.165, 1.54) is 11.8 Å². The molecule has 1 N–H and O–H groups in total. The lowest BCUT2D eigenvalue weighted by molar-refractivity contribution is -0.137. The van der Waals surface area contributed by atoms with Crippen molar-refractivity contribution in [2.24, 2.45) is 0 Å². The lowest BCUT2D eigenvalue weighted by Crippen LogP contribution is -2.44. The third-order valence-corrected chi connectivity index (χ3v) is 7.90. The Hall–Kier alpha value is -2.07. The molecule has 10 heteroatoms. The van der Waals surface area contributed by atoms with Crippen LogP contribution in [0.2, 0.25) is 0 Å². The SMILES string of the molecule is CC(C)NC(=O)CSc1ccccc1C(=O)OCC(=O)N(C1CC1)[C@H]1CCS(=O)(=O)C1. The van der Waals surface area contributed by atoms with E-state index in [0.717, 1.165) is 12.8 Å². The van der Waals surface area contributed by atoms with Crippen LogP contribution in [-0.4, -0.2) is 73.1 Å². The van der Waals surface area contributed by atoms with E-state index < -0.39 is 22.4 Å². The molecule has 0 unspecified atom stereocenters. The van der Waals surface area contributed by atoms with E-state index in [0.29, 0.717) is 16.9 Å². The van der Waals surface area contributed by atoms with Gasteiger partial charge in [0.05, 0.1) is 22.8 Å². The normalized spacial score (nSPS) is 19.8. The lowest BCUT2D eigenvalue weighted by Gasteiger charge is -2.28. The molecular formula is C21H28N2O6S2. The molecule has 0 aromatic heterocycles. The maximum Gasteiger partial charge on any atom is 0.339 e. The van der Waals surface area contributed by atoms with E-state index in [1.54, 1.807) is 29.2 Å². The summed E-state index contributed by atoms with van der Waals surface area (Å²) >= 11 is 1.23. The molecule has 1 atom stereocenters. The van der Waals surface area contributed by atoms with Crippen molar-refractivity contribution in [1.82, 2.24) is 10.2 Å². The van der Waals surface area contributed by atoms with Crippen LogP contribution in [0.3, 0.4) is 0 Å². The highest BCUT2D eigenvalue weighted by molar-refractivity contribution is 8.00. The molecule has 31 heavy (non-hydrogen) atoms. The first kappa shape index (κ1) is 23.6. The van der Waals surface area contributed by atoms with Crippen LogP contribution in [0.1, 0.15) is 43.5 Å². The fraction of sp³-hybridized carbons (Fsp3) is 0.571. The monoisotopic (exact) mass is 468 g/mol. The number of carbonyl (C=O) groups excluding carboxylic acids is 3. The molecule has 0 bridgehead atoms. The molecule has 170 valence electrons. The standard InChI is InChI=1S/C21H28N2O6S2/c1-14(2)22-19(24)12-30-18-6-4-3-5-17(18)21(26)29-11-20(25)23(15-7-8-15)16-9-10-31(27,28)13-16/h3-6,14-16H,7-13H2,1-2H3,(H,22,24)/t16-/m0/s1. The Morgan fingerprint density at radius 2 is 1.87 bits per heavy atom. The van der Waals surface area contributed by atoms with Crippen LogP contribution >= 0.6 is 11.8 Å². The molecule has 2 amide bonds. The molecule has 1 aliphatic carbocycles. The molecule has 2 fully saturated rings. The first-order valence-electron chi connectivity index (χ1n) is 10.4. The Bertz CT molecular complexity index is 943. The molecule has 2 aliphatic rings. The summed E-state index contributed by atoms with van der Waals surface area (Å²) in [5.74, 6) is -0.920. The molecule has 8 nitrogen and oxygen atoms in total. The van der Waals surface area contributed by atoms with Crippen LogP contribution < -0.4 is 5.32 Å². The fourth-order valence-electron chi connectivity index (χ4n) is 3.60. The maximum absolute atomic E-state index is 12.8. The maximum atomic E-state index is 12.8. The number of nitrogens with zero attached hydrogens (tertiary/aromatic N) is 1. The predicted octanol–water partition coefficient (Wildman–Crippen LogP) is 1.64. The van der Waals surface area contributed by atoms with Crippen LogP contribution in [0.25, 0.3) is 0 Å². The summed E-state index contributed by atoms with van der Waals surface area (Å²) < 4.78 is 28.9. The number of rotatable bonds is 9. The zero-order valence-electron chi connectivity index (χ0n) is 17.7. The lowest BCUT2D eigenvalue weighted by atomic mass is 10.2. The number of hydrogen-bond acceptors (Lipinski definition) is 7. The minimum absolute atomic E-state index is 0.0267. The van der Waals surface area contributed by atoms with Gasteiger partial charge in [-0.05, 0) is 45.2 Å². The van der Waals surface area contributed by atoms with Gasteiger partial charge in [-0.1, -0.05) is 12.1 Å². The van der Waals surface area contributed by atoms with E-state index in [9.17, 15) is 22.8 Å². The molecule has 0 radical (unpaired) electrons. The first-order chi connectivity index (χ1) is 14.7. The number of ether oxygens (including phenoxy) is 1. The Kier molecular flexibility index (Phi) is 7.64. The van der Waals surface area contributed by atoms with Gasteiger partial charge in [0.25, 0.3) is 5.91 Å². The van der Waals surface area contributed by atoms with E-state index in [4.69, 9.17) is 4.74 Å². The smallest absolute Gasteiger partial charge is 0.339 e. The van der Waals surface area contributed by atoms with Gasteiger partial charge in [-0.3, -0.25) is 9.59 Å². The van der Waals surface area contributed by atoms with Crippen LogP contribution in [0.4, 0.5) is 0 Å². The third-order valence-electron chi connectivity index (χ3n) is 5.07. The molecule has 1 saturated carbocycles. The number of thioether (sulfide) groups is 1. The number of nitrogens with one attached hydrogen (secondary N) is 1. The van der Waals surface area contributed by atoms with Crippen LogP contribution in [0.15, 0.2) is 29.2 Å². The molecule has 0 spiro atoms. The number of amides is 2. The topological polar surface area (TPSA) is 110 Å². The second-order valence-electron chi connectivity index (χ2n) is 8.17. The molecule has 1 heterocycles. The van der Waals surface area contributed by atoms with E-state index in [1.807, 2.05) is 13.8 Å². The first-order valence-corrected chi connectivity index (χ1v) is 13.2. The average molecular weight is 469 g/mol. The van der Waals surface area contributed by atoms with Gasteiger partial charge < -0.3 is 15.0 Å². The average Bonchev–Trinajstić information content (AvgIpc) is 3.47. The van der Waals surface area contributed by atoms with Gasteiger partial charge in [-0.25, -0.2) is 13.2 Å². The van der Waals surface area contributed by atoms with Crippen molar-refractivity contribution >= 4 is 39.4 Å². The van der Waals surface area contributed by atoms with Crippen LogP contribution in [0, 0.1) is 0 Å². The molecule has 1 saturated heterocycles. The number of esters is 1. The zero-order chi connectivity index (χ0) is 22.6. The van der Waals surface area contributed by atoms with Crippen molar-refractivity contribution in [2.45, 2.75) is 56.1 Å². The predicted molar refractivity (Wildman–Crippen MR) is 118 cm³/mol. The minimum Gasteiger partial charge on any atom is -0.452 e. The molecule has 1 aromatic rings. The van der Waals surface area contributed by atoms with Gasteiger partial charge in [0, 0.05) is 23.0 Å². The number of carbonyl (C=O) groups is 3. The largest absolute Gasteiger partial charge is 0.452 e. The highest BCUT2D eigenvalue weighted by atomic mass is 32.2. The summed E-state index contributed by atoms with van der Waals surface area (Å²) in [5.41, 5.74) is 0.291. The summed E-state index contributed by atoms with van der Waals surface area (Å²) in [6, 6.07) is 6.50. The second kappa shape index (κ2) is 10.0. The van der Waals surface area contributed by atoms with E-state index in [-0.39, 0.29) is 47.2 Å². The second-order valence-corrected chi connectivity index (χ2v) is 11.4. The van der Waals surface area contributed by atoms with Crippen molar-refractivity contribution in [3.8, 4) is 0 Å². The van der Waals surface area contributed by atoms with Gasteiger partial charge in [0.15, 0.2) is 16.4 Å². The van der Waals surface area contributed by atoms with Crippen LogP contribution in [0.5, 0.6) is 0 Å². The highest BCUT2D eigenvalue weighted by Crippen LogP contribution is 2.32. The molecule has 3 rings (SSSR count). The van der Waals surface area contributed by atoms with Crippen LogP contribution in [-0.2, 0) is 24.2 Å². The van der Waals surface area contributed by atoms with E-state index >= 15 is 0 Å². The quantitative estimate of drug-likeness (QED) is 0.433. The molecule has 1 aromatic carbocycles. The number of sulfone groups is 1. The molecular weight excluding hydrogens is 440 g/mol. The Balaban J connectivity index is 1.59. The summed E-state index contributed by atoms with van der Waals surface area (Å²) in [7, 11) is -3.12. The Morgan fingerprint density at radius 3 is 2.48 bits per heavy atom. The van der Waals surface area contributed by atoms with Gasteiger partial charge in [0.2, 0.25) is 5.91 Å². The van der Waals surface area contributed by atoms with Gasteiger partial charge in [-0.15, -0.1) is 11.8 Å². The number of hydrogen-bond donors (Lipinski definition) is 1. The van der Waals surface area contributed by atoms with Crippen molar-refractivity contribution in [1.29, 1.82) is 0 Å². The highest BCUT2D eigenvalue weighted by Gasteiger charge is 2.42. The summed E-state index contributed by atoms with van der Waals surface area (Å²) in [5, 5.41) is 2.79. The van der Waals surface area contributed by atoms with Crippen molar-refractivity contribution < 1.29 is 27.5 Å². The van der Waals surface area contributed by atoms with Crippen molar-refractivity contribution in [2.75, 3.05) is 23.9 Å². The Labute approximate surface area is 187 Å². The van der Waals surface area contributed by atoms with Gasteiger partial charge >= 0.3 is 5.97 Å². The number of benzene rings is 1. The minimum atomic E-state index is -3.12. The molecule has 1 aliphatic heterocycles. The van der Waals surface area contributed by atoms with Crippen molar-refractivity contribution in [3.05, 3.63) is 29.8 Å². The zero-order valence-corrected chi connectivity index (χ0v) is 19.3. The Morgan fingerprint density at radius 1 is 1.16 bits per heavy atom. The fourth-order valence-corrected chi connectivity index (χ4v) is 6.16. The van der Waals surface area contributed by atoms with E-state index in [2.05, 4.69) is 5.32 Å². The summed E-state index contributed by atoms with van der Waals surface area (Å²) in [4.78, 5) is 39.5.